The number of nitrogens with zero attached hydrogens (tertiary/aromatic N) is 2. The van der Waals surface area contributed by atoms with Crippen molar-refractivity contribution in [2.45, 2.75) is 56.2 Å². The van der Waals surface area contributed by atoms with Crippen LogP contribution in [0.15, 0.2) is 66.7 Å². The highest BCUT2D eigenvalue weighted by Gasteiger charge is 2.51. The number of nitriles is 1. The molecule has 0 radical (unpaired) electrons. The number of rotatable bonds is 3. The summed E-state index contributed by atoms with van der Waals surface area (Å²) in [7, 11) is 0. The fraction of sp³-hybridized carbons (Fsp3) is 0.333. The van der Waals surface area contributed by atoms with Crippen LogP contribution in [0.3, 0.4) is 0 Å². The van der Waals surface area contributed by atoms with Crippen LogP contribution in [0.2, 0.25) is 0 Å². The molecule has 0 spiro atoms. The summed E-state index contributed by atoms with van der Waals surface area (Å²) in [5, 5.41) is 21.3. The topological polar surface area (TPSA) is 73.6 Å². The molecule has 2 unspecified atom stereocenters. The minimum absolute atomic E-state index is 0.0243. The average Bonchev–Trinajstić information content (AvgIpc) is 3.34. The number of benzene rings is 3. The lowest BCUT2D eigenvalue weighted by molar-refractivity contribution is -0.0533. The molecule has 2 fully saturated rings. The predicted octanol–water partition coefficient (Wildman–Crippen LogP) is 5.63. The molecule has 5 heteroatoms. The summed E-state index contributed by atoms with van der Waals surface area (Å²) in [5.74, 6) is 0.0243. The standard InChI is InChI=1S/C30H28N2O3/c1-19-10-11-20(17-31)28(14-19)30(34)15-21-12-13-22(16-30)32(21)29(33)35-18-27-25-8-4-2-6-23(25)24-7-3-5-9-26(24)27/h2-11,14,21-22,27,34H,12-13,15-16,18H2,1H3. The van der Waals surface area contributed by atoms with Gasteiger partial charge in [0.2, 0.25) is 0 Å². The number of fused-ring (bicyclic) bond motifs is 5. The normalized spacial score (nSPS) is 24.5. The average molecular weight is 465 g/mol. The molecule has 2 saturated heterocycles. The van der Waals surface area contributed by atoms with Gasteiger partial charge >= 0.3 is 6.09 Å². The second-order valence-electron chi connectivity index (χ2n) is 10.2. The Bertz CT molecular complexity index is 1300. The Morgan fingerprint density at radius 3 is 2.23 bits per heavy atom. The van der Waals surface area contributed by atoms with Crippen LogP contribution in [-0.2, 0) is 10.3 Å². The molecule has 2 atom stereocenters. The highest BCUT2D eigenvalue weighted by molar-refractivity contribution is 5.79. The van der Waals surface area contributed by atoms with Crippen LogP contribution in [0.1, 0.15) is 59.4 Å². The van der Waals surface area contributed by atoms with E-state index < -0.39 is 5.60 Å². The molecule has 2 heterocycles. The third kappa shape index (κ3) is 3.52. The molecule has 2 bridgehead atoms. The monoisotopic (exact) mass is 464 g/mol. The van der Waals surface area contributed by atoms with Gasteiger partial charge in [-0.05, 0) is 48.1 Å². The highest BCUT2D eigenvalue weighted by atomic mass is 16.6. The van der Waals surface area contributed by atoms with Crippen molar-refractivity contribution >= 4 is 6.09 Å². The number of hydrogen-bond acceptors (Lipinski definition) is 4. The van der Waals surface area contributed by atoms with Gasteiger partial charge in [0.1, 0.15) is 6.61 Å². The zero-order chi connectivity index (χ0) is 24.2. The van der Waals surface area contributed by atoms with Gasteiger partial charge in [0.15, 0.2) is 0 Å². The molecule has 6 rings (SSSR count). The molecule has 35 heavy (non-hydrogen) atoms. The maximum Gasteiger partial charge on any atom is 0.410 e. The number of piperidine rings is 1. The zero-order valence-electron chi connectivity index (χ0n) is 19.8. The van der Waals surface area contributed by atoms with Gasteiger partial charge < -0.3 is 14.7 Å². The van der Waals surface area contributed by atoms with Crippen LogP contribution in [0, 0.1) is 18.3 Å². The minimum Gasteiger partial charge on any atom is -0.448 e. The lowest BCUT2D eigenvalue weighted by atomic mass is 9.78. The van der Waals surface area contributed by atoms with E-state index in [0.29, 0.717) is 30.6 Å². The van der Waals surface area contributed by atoms with Crippen LogP contribution in [0.4, 0.5) is 4.79 Å². The van der Waals surface area contributed by atoms with E-state index in [4.69, 9.17) is 4.74 Å². The van der Waals surface area contributed by atoms with Gasteiger partial charge in [-0.3, -0.25) is 0 Å². The molecule has 3 aromatic carbocycles. The summed E-state index contributed by atoms with van der Waals surface area (Å²) in [6.07, 6.45) is 2.22. The second kappa shape index (κ2) is 8.25. The van der Waals surface area contributed by atoms with Crippen LogP contribution in [-0.4, -0.2) is 34.8 Å². The fourth-order valence-electron chi connectivity index (χ4n) is 6.55. The van der Waals surface area contributed by atoms with Crippen molar-refractivity contribution in [1.82, 2.24) is 4.90 Å². The van der Waals surface area contributed by atoms with Gasteiger partial charge in [0.25, 0.3) is 0 Å². The Hall–Kier alpha value is -3.62. The summed E-state index contributed by atoms with van der Waals surface area (Å²) >= 11 is 0. The number of aliphatic hydroxyl groups is 1. The van der Waals surface area contributed by atoms with Gasteiger partial charge in [-0.2, -0.15) is 5.26 Å². The largest absolute Gasteiger partial charge is 0.448 e. The maximum absolute atomic E-state index is 13.3. The first-order valence-electron chi connectivity index (χ1n) is 12.4. The minimum atomic E-state index is -1.11. The molecule has 1 N–H and O–H groups in total. The molecule has 2 aliphatic heterocycles. The Labute approximate surface area is 205 Å². The van der Waals surface area contributed by atoms with Crippen LogP contribution in [0.25, 0.3) is 11.1 Å². The van der Waals surface area contributed by atoms with E-state index >= 15 is 0 Å². The van der Waals surface area contributed by atoms with E-state index in [1.165, 1.54) is 22.3 Å². The number of ether oxygens (including phenoxy) is 1. The third-order valence-electron chi connectivity index (χ3n) is 8.11. The first-order valence-corrected chi connectivity index (χ1v) is 12.4. The summed E-state index contributed by atoms with van der Waals surface area (Å²) in [4.78, 5) is 15.2. The van der Waals surface area contributed by atoms with Crippen molar-refractivity contribution in [2.24, 2.45) is 0 Å². The van der Waals surface area contributed by atoms with Gasteiger partial charge in [0, 0.05) is 36.4 Å². The van der Waals surface area contributed by atoms with Crippen molar-refractivity contribution in [1.29, 1.82) is 5.26 Å². The molecule has 1 aliphatic carbocycles. The van der Waals surface area contributed by atoms with Gasteiger partial charge in [-0.15, -0.1) is 0 Å². The van der Waals surface area contributed by atoms with E-state index in [1.54, 1.807) is 6.07 Å². The lowest BCUT2D eigenvalue weighted by Crippen LogP contribution is -2.52. The first-order chi connectivity index (χ1) is 17.0. The van der Waals surface area contributed by atoms with Crippen molar-refractivity contribution < 1.29 is 14.6 Å². The quantitative estimate of drug-likeness (QED) is 0.545. The first kappa shape index (κ1) is 21.9. The molecule has 0 aromatic heterocycles. The maximum atomic E-state index is 13.3. The van der Waals surface area contributed by atoms with Gasteiger partial charge in [0.05, 0.1) is 17.2 Å². The number of carbonyl (C=O) groups is 1. The smallest absolute Gasteiger partial charge is 0.410 e. The number of amides is 1. The van der Waals surface area contributed by atoms with E-state index in [9.17, 15) is 15.2 Å². The van der Waals surface area contributed by atoms with Gasteiger partial charge in [-0.25, -0.2) is 4.79 Å². The summed E-state index contributed by atoms with van der Waals surface area (Å²) in [6, 6.07) is 24.3. The molecule has 5 nitrogen and oxygen atoms in total. The van der Waals surface area contributed by atoms with Gasteiger partial charge in [-0.1, -0.05) is 66.2 Å². The van der Waals surface area contributed by atoms with Crippen molar-refractivity contribution in [3.63, 3.8) is 0 Å². The van der Waals surface area contributed by atoms with Crippen LogP contribution < -0.4 is 0 Å². The lowest BCUT2D eigenvalue weighted by Gasteiger charge is -2.43. The Balaban J connectivity index is 1.20. The number of aryl methyl sites for hydroxylation is 1. The van der Waals surface area contributed by atoms with Crippen LogP contribution >= 0.6 is 0 Å². The SMILES string of the molecule is Cc1ccc(C#N)c(C2(O)CC3CCC(C2)N3C(=O)OCC2c3ccccc3-c3ccccc32)c1. The van der Waals surface area contributed by atoms with E-state index in [2.05, 4.69) is 30.3 Å². The summed E-state index contributed by atoms with van der Waals surface area (Å²) in [5.41, 5.74) is 5.90. The molecular formula is C30H28N2O3. The Kier molecular flexibility index (Phi) is 5.16. The van der Waals surface area contributed by atoms with E-state index in [0.717, 1.165) is 18.4 Å². The molecule has 0 saturated carbocycles. The molecular weight excluding hydrogens is 436 g/mol. The van der Waals surface area contributed by atoms with E-state index in [1.807, 2.05) is 48.2 Å². The molecule has 176 valence electrons. The molecule has 1 amide bonds. The van der Waals surface area contributed by atoms with Crippen molar-refractivity contribution in [2.75, 3.05) is 6.61 Å². The highest BCUT2D eigenvalue weighted by Crippen LogP contribution is 2.48. The second-order valence-corrected chi connectivity index (χ2v) is 10.2. The van der Waals surface area contributed by atoms with Crippen LogP contribution in [0.5, 0.6) is 0 Å². The van der Waals surface area contributed by atoms with E-state index in [-0.39, 0.29) is 24.1 Å². The Morgan fingerprint density at radius 2 is 1.63 bits per heavy atom. The van der Waals surface area contributed by atoms with Crippen molar-refractivity contribution in [3.8, 4) is 17.2 Å². The number of carbonyl (C=O) groups excluding carboxylic acids is 1. The fourth-order valence-corrected chi connectivity index (χ4v) is 6.55. The third-order valence-corrected chi connectivity index (χ3v) is 8.11. The van der Waals surface area contributed by atoms with Crippen molar-refractivity contribution in [3.05, 3.63) is 94.5 Å². The molecule has 3 aromatic rings. The Morgan fingerprint density at radius 1 is 1.03 bits per heavy atom. The number of hydrogen-bond donors (Lipinski definition) is 1. The predicted molar refractivity (Wildman–Crippen MR) is 133 cm³/mol. The molecule has 3 aliphatic rings. The summed E-state index contributed by atoms with van der Waals surface area (Å²) in [6.45, 7) is 2.26. The zero-order valence-corrected chi connectivity index (χ0v) is 19.8. The summed E-state index contributed by atoms with van der Waals surface area (Å²) < 4.78 is 5.95.